The number of aryl methyl sites for hydroxylation is 1. The number of anilines is 1. The molecule has 0 fully saturated rings. The average Bonchev–Trinajstić information content (AvgIpc) is 2.50. The van der Waals surface area contributed by atoms with E-state index in [0.29, 0.717) is 11.7 Å². The molecule has 0 saturated carbocycles. The Morgan fingerprint density at radius 1 is 1.14 bits per heavy atom. The van der Waals surface area contributed by atoms with Crippen LogP contribution in [0.15, 0.2) is 48.5 Å². The Morgan fingerprint density at radius 2 is 1.90 bits per heavy atom. The molecule has 1 aliphatic heterocycles. The molecule has 4 heteroatoms. The van der Waals surface area contributed by atoms with E-state index in [4.69, 9.17) is 17.0 Å². The zero-order valence-electron chi connectivity index (χ0n) is 11.9. The van der Waals surface area contributed by atoms with Crippen LogP contribution < -0.4 is 15.4 Å². The molecular weight excluding hydrogens is 280 g/mol. The van der Waals surface area contributed by atoms with Crippen molar-refractivity contribution in [1.82, 2.24) is 5.32 Å². The number of benzene rings is 2. The number of para-hydroxylation sites is 2. The maximum absolute atomic E-state index is 5.67. The van der Waals surface area contributed by atoms with Crippen molar-refractivity contribution >= 4 is 23.0 Å². The second-order valence-electron chi connectivity index (χ2n) is 5.14. The topological polar surface area (TPSA) is 33.3 Å². The van der Waals surface area contributed by atoms with Crippen molar-refractivity contribution in [2.45, 2.75) is 19.4 Å². The number of rotatable bonds is 2. The zero-order chi connectivity index (χ0) is 14.7. The van der Waals surface area contributed by atoms with Crippen LogP contribution in [0.2, 0.25) is 0 Å². The minimum absolute atomic E-state index is 0.193. The zero-order valence-corrected chi connectivity index (χ0v) is 12.7. The maximum atomic E-state index is 5.67. The Kier molecular flexibility index (Phi) is 4.06. The van der Waals surface area contributed by atoms with E-state index in [1.54, 1.807) is 0 Å². The fourth-order valence-electron chi connectivity index (χ4n) is 2.52. The Labute approximate surface area is 130 Å². The van der Waals surface area contributed by atoms with Crippen LogP contribution in [0.25, 0.3) is 0 Å². The van der Waals surface area contributed by atoms with Gasteiger partial charge in [0.05, 0.1) is 12.6 Å². The molecule has 3 nitrogen and oxygen atoms in total. The highest BCUT2D eigenvalue weighted by atomic mass is 32.1. The SMILES string of the molecule is Cc1ccccc1NC(=S)N[C@@H]1CCOc2ccccc21. The monoisotopic (exact) mass is 298 g/mol. The number of fused-ring (bicyclic) bond motifs is 1. The van der Waals surface area contributed by atoms with Crippen molar-refractivity contribution in [2.24, 2.45) is 0 Å². The molecular formula is C17H18N2OS. The molecule has 2 aromatic rings. The normalized spacial score (nSPS) is 16.5. The van der Waals surface area contributed by atoms with Crippen molar-refractivity contribution in [2.75, 3.05) is 11.9 Å². The van der Waals surface area contributed by atoms with Crippen LogP contribution in [0.1, 0.15) is 23.6 Å². The quantitative estimate of drug-likeness (QED) is 0.826. The molecule has 108 valence electrons. The minimum atomic E-state index is 0.193. The fourth-order valence-corrected chi connectivity index (χ4v) is 2.77. The van der Waals surface area contributed by atoms with E-state index in [1.807, 2.05) is 36.4 Å². The van der Waals surface area contributed by atoms with Gasteiger partial charge >= 0.3 is 0 Å². The molecule has 0 spiro atoms. The molecule has 0 saturated heterocycles. The molecule has 1 atom stereocenters. The smallest absolute Gasteiger partial charge is 0.171 e. The van der Waals surface area contributed by atoms with E-state index in [0.717, 1.165) is 23.4 Å². The van der Waals surface area contributed by atoms with Gasteiger partial charge in [0.25, 0.3) is 0 Å². The van der Waals surface area contributed by atoms with Crippen molar-refractivity contribution < 1.29 is 4.74 Å². The maximum Gasteiger partial charge on any atom is 0.171 e. The average molecular weight is 298 g/mol. The van der Waals surface area contributed by atoms with Crippen LogP contribution in [0.4, 0.5) is 5.69 Å². The highest BCUT2D eigenvalue weighted by Crippen LogP contribution is 2.31. The van der Waals surface area contributed by atoms with Gasteiger partial charge < -0.3 is 15.4 Å². The summed E-state index contributed by atoms with van der Waals surface area (Å²) in [5, 5.41) is 7.30. The first-order chi connectivity index (χ1) is 10.2. The summed E-state index contributed by atoms with van der Waals surface area (Å²) in [5.74, 6) is 0.944. The van der Waals surface area contributed by atoms with Crippen molar-refractivity contribution in [3.63, 3.8) is 0 Å². The number of thiocarbonyl (C=S) groups is 1. The highest BCUT2D eigenvalue weighted by molar-refractivity contribution is 7.80. The van der Waals surface area contributed by atoms with Crippen LogP contribution in [0.3, 0.4) is 0 Å². The first-order valence-electron chi connectivity index (χ1n) is 7.09. The summed E-state index contributed by atoms with van der Waals surface area (Å²) < 4.78 is 5.67. The molecule has 0 radical (unpaired) electrons. The number of nitrogens with one attached hydrogen (secondary N) is 2. The van der Waals surface area contributed by atoms with Gasteiger partial charge in [-0.05, 0) is 36.8 Å². The molecule has 0 bridgehead atoms. The lowest BCUT2D eigenvalue weighted by atomic mass is 10.0. The Morgan fingerprint density at radius 3 is 2.76 bits per heavy atom. The molecule has 1 aliphatic rings. The molecule has 0 aromatic heterocycles. The van der Waals surface area contributed by atoms with Gasteiger partial charge in [-0.15, -0.1) is 0 Å². The molecule has 0 amide bonds. The van der Waals surface area contributed by atoms with Gasteiger partial charge in [-0.3, -0.25) is 0 Å². The van der Waals surface area contributed by atoms with Gasteiger partial charge in [-0.25, -0.2) is 0 Å². The fraction of sp³-hybridized carbons (Fsp3) is 0.235. The van der Waals surface area contributed by atoms with Crippen molar-refractivity contribution in [3.05, 3.63) is 59.7 Å². The second kappa shape index (κ2) is 6.14. The lowest BCUT2D eigenvalue weighted by Crippen LogP contribution is -2.35. The molecule has 3 rings (SSSR count). The molecule has 2 N–H and O–H groups in total. The molecule has 2 aromatic carbocycles. The second-order valence-corrected chi connectivity index (χ2v) is 5.55. The summed E-state index contributed by atoms with van der Waals surface area (Å²) in [6, 6.07) is 16.4. The van der Waals surface area contributed by atoms with E-state index < -0.39 is 0 Å². The van der Waals surface area contributed by atoms with Gasteiger partial charge in [0.1, 0.15) is 5.75 Å². The van der Waals surface area contributed by atoms with Crippen LogP contribution in [0, 0.1) is 6.92 Å². The third kappa shape index (κ3) is 3.16. The van der Waals surface area contributed by atoms with Crippen molar-refractivity contribution in [3.8, 4) is 5.75 Å². The first kappa shape index (κ1) is 13.9. The molecule has 1 heterocycles. The van der Waals surface area contributed by atoms with E-state index in [2.05, 4.69) is 29.7 Å². The summed E-state index contributed by atoms with van der Waals surface area (Å²) in [6.45, 7) is 2.77. The summed E-state index contributed by atoms with van der Waals surface area (Å²) in [6.07, 6.45) is 0.909. The standard InChI is InChI=1S/C17H18N2OS/c1-12-6-2-4-8-14(12)18-17(21)19-15-10-11-20-16-9-5-3-7-13(15)16/h2-9,15H,10-11H2,1H3,(H2,18,19,21)/t15-/m1/s1. The van der Waals surface area contributed by atoms with Crippen LogP contribution in [0.5, 0.6) is 5.75 Å². The predicted molar refractivity (Wildman–Crippen MR) is 89.8 cm³/mol. The van der Waals surface area contributed by atoms with Crippen LogP contribution in [-0.4, -0.2) is 11.7 Å². The Balaban J connectivity index is 1.70. The Hall–Kier alpha value is -2.07. The highest BCUT2D eigenvalue weighted by Gasteiger charge is 2.21. The largest absolute Gasteiger partial charge is 0.493 e. The summed E-state index contributed by atoms with van der Waals surface area (Å²) in [7, 11) is 0. The lowest BCUT2D eigenvalue weighted by Gasteiger charge is -2.27. The lowest BCUT2D eigenvalue weighted by molar-refractivity contribution is 0.262. The van der Waals surface area contributed by atoms with Gasteiger partial charge in [0.2, 0.25) is 0 Å². The molecule has 0 aliphatic carbocycles. The molecule has 0 unspecified atom stereocenters. The number of ether oxygens (including phenoxy) is 1. The number of hydrogen-bond acceptors (Lipinski definition) is 2. The van der Waals surface area contributed by atoms with Crippen LogP contribution >= 0.6 is 12.2 Å². The van der Waals surface area contributed by atoms with Gasteiger partial charge in [-0.2, -0.15) is 0 Å². The third-order valence-corrected chi connectivity index (χ3v) is 3.88. The van der Waals surface area contributed by atoms with Crippen LogP contribution in [-0.2, 0) is 0 Å². The van der Waals surface area contributed by atoms with Crippen molar-refractivity contribution in [1.29, 1.82) is 0 Å². The summed E-state index contributed by atoms with van der Waals surface area (Å²) in [5.41, 5.74) is 3.38. The summed E-state index contributed by atoms with van der Waals surface area (Å²) in [4.78, 5) is 0. The predicted octanol–water partition coefficient (Wildman–Crippen LogP) is 3.81. The van der Waals surface area contributed by atoms with E-state index >= 15 is 0 Å². The van der Waals surface area contributed by atoms with E-state index in [-0.39, 0.29) is 6.04 Å². The minimum Gasteiger partial charge on any atom is -0.493 e. The Bertz CT molecular complexity index is 657. The van der Waals surface area contributed by atoms with E-state index in [9.17, 15) is 0 Å². The van der Waals surface area contributed by atoms with E-state index in [1.165, 1.54) is 5.56 Å². The van der Waals surface area contributed by atoms with Gasteiger partial charge in [0.15, 0.2) is 5.11 Å². The first-order valence-corrected chi connectivity index (χ1v) is 7.50. The summed E-state index contributed by atoms with van der Waals surface area (Å²) >= 11 is 5.44. The number of hydrogen-bond donors (Lipinski definition) is 2. The van der Waals surface area contributed by atoms with Gasteiger partial charge in [0, 0.05) is 17.7 Å². The molecule has 21 heavy (non-hydrogen) atoms. The third-order valence-electron chi connectivity index (χ3n) is 3.66. The van der Waals surface area contributed by atoms with Gasteiger partial charge in [-0.1, -0.05) is 36.4 Å².